The van der Waals surface area contributed by atoms with Gasteiger partial charge in [0.25, 0.3) is 0 Å². The summed E-state index contributed by atoms with van der Waals surface area (Å²) >= 11 is 8.26. The maximum atomic E-state index is 13.1. The summed E-state index contributed by atoms with van der Waals surface area (Å²) in [5.41, 5.74) is -3.32. The van der Waals surface area contributed by atoms with Gasteiger partial charge in [0.2, 0.25) is 0 Å². The standard InChI is InChI=1S/C20H10ClF6N5S2/c21-14-9-15(29-17(28-14)33-13-4-2-1-3-5-13)34-18-30-16(31-32-18)10-6-11(19(22,23)24)8-12(7-10)20(25,26)27/h1-9H,(H,30,31,32). The van der Waals surface area contributed by atoms with E-state index >= 15 is 0 Å². The first-order chi connectivity index (χ1) is 16.0. The maximum Gasteiger partial charge on any atom is 0.416 e. The van der Waals surface area contributed by atoms with Gasteiger partial charge in [-0.2, -0.15) is 26.3 Å². The van der Waals surface area contributed by atoms with Crippen molar-refractivity contribution in [2.75, 3.05) is 0 Å². The van der Waals surface area contributed by atoms with E-state index in [1.807, 2.05) is 30.3 Å². The summed E-state index contributed by atoms with van der Waals surface area (Å²) in [4.78, 5) is 12.0. The van der Waals surface area contributed by atoms with Gasteiger partial charge in [-0.15, -0.1) is 10.2 Å². The highest BCUT2D eigenvalue weighted by Gasteiger charge is 2.37. The minimum absolute atomic E-state index is 0.0460. The number of rotatable bonds is 5. The van der Waals surface area contributed by atoms with E-state index in [-0.39, 0.29) is 22.2 Å². The second-order valence-electron chi connectivity index (χ2n) is 6.60. The van der Waals surface area contributed by atoms with Crippen LogP contribution in [-0.2, 0) is 12.4 Å². The fraction of sp³-hybridized carbons (Fsp3) is 0.100. The minimum atomic E-state index is -4.97. The first-order valence-electron chi connectivity index (χ1n) is 9.15. The molecule has 0 unspecified atom stereocenters. The lowest BCUT2D eigenvalue weighted by atomic mass is 10.0. The van der Waals surface area contributed by atoms with Crippen LogP contribution in [0.2, 0.25) is 5.15 Å². The average Bonchev–Trinajstić information content (AvgIpc) is 3.21. The lowest BCUT2D eigenvalue weighted by Gasteiger charge is -2.13. The summed E-state index contributed by atoms with van der Waals surface area (Å²) in [6.45, 7) is 0. The van der Waals surface area contributed by atoms with E-state index < -0.39 is 29.0 Å². The first-order valence-corrected chi connectivity index (χ1v) is 11.2. The monoisotopic (exact) mass is 533 g/mol. The van der Waals surface area contributed by atoms with Crippen LogP contribution in [0.1, 0.15) is 11.1 Å². The topological polar surface area (TPSA) is 67.3 Å². The number of nitrogens with one attached hydrogen (secondary N) is 1. The Labute approximate surface area is 201 Å². The third-order valence-corrected chi connectivity index (χ3v) is 5.99. The molecule has 2 aromatic heterocycles. The van der Waals surface area contributed by atoms with E-state index in [4.69, 9.17) is 11.6 Å². The quantitative estimate of drug-likeness (QED) is 0.165. The van der Waals surface area contributed by atoms with Gasteiger partial charge in [0.15, 0.2) is 16.1 Å². The Morgan fingerprint density at radius 3 is 2.03 bits per heavy atom. The lowest BCUT2D eigenvalue weighted by molar-refractivity contribution is -0.143. The second-order valence-corrected chi connectivity index (χ2v) is 9.04. The van der Waals surface area contributed by atoms with Gasteiger partial charge in [-0.3, -0.25) is 0 Å². The summed E-state index contributed by atoms with van der Waals surface area (Å²) in [5.74, 6) is -0.266. The van der Waals surface area contributed by atoms with Crippen LogP contribution >= 0.6 is 35.1 Å². The molecule has 0 fully saturated rings. The highest BCUT2D eigenvalue weighted by Crippen LogP contribution is 2.38. The number of H-pyrrole nitrogens is 1. The van der Waals surface area contributed by atoms with Crippen molar-refractivity contribution in [3.8, 4) is 11.4 Å². The number of aromatic nitrogens is 5. The van der Waals surface area contributed by atoms with Crippen LogP contribution in [0.4, 0.5) is 26.3 Å². The molecule has 2 heterocycles. The number of hydrogen-bond acceptors (Lipinski definition) is 6. The zero-order chi connectivity index (χ0) is 24.5. The van der Waals surface area contributed by atoms with Gasteiger partial charge in [0, 0.05) is 16.5 Å². The van der Waals surface area contributed by atoms with E-state index in [9.17, 15) is 26.3 Å². The van der Waals surface area contributed by atoms with Crippen LogP contribution in [0.15, 0.2) is 74.8 Å². The molecule has 0 radical (unpaired) electrons. The van der Waals surface area contributed by atoms with Crippen LogP contribution < -0.4 is 0 Å². The van der Waals surface area contributed by atoms with Crippen LogP contribution in [-0.4, -0.2) is 25.1 Å². The van der Waals surface area contributed by atoms with E-state index in [1.165, 1.54) is 17.8 Å². The van der Waals surface area contributed by atoms with E-state index in [0.29, 0.717) is 22.3 Å². The van der Waals surface area contributed by atoms with Crippen molar-refractivity contribution in [3.63, 3.8) is 0 Å². The van der Waals surface area contributed by atoms with Gasteiger partial charge in [0.05, 0.1) is 11.1 Å². The van der Waals surface area contributed by atoms with Gasteiger partial charge in [-0.05, 0) is 53.9 Å². The van der Waals surface area contributed by atoms with Gasteiger partial charge in [0.1, 0.15) is 10.2 Å². The van der Waals surface area contributed by atoms with Crippen molar-refractivity contribution in [2.24, 2.45) is 0 Å². The van der Waals surface area contributed by atoms with E-state index in [2.05, 4.69) is 25.1 Å². The fourth-order valence-electron chi connectivity index (χ4n) is 2.68. The number of hydrogen-bond donors (Lipinski definition) is 1. The van der Waals surface area contributed by atoms with Gasteiger partial charge in [-0.1, -0.05) is 29.8 Å². The van der Waals surface area contributed by atoms with Crippen molar-refractivity contribution in [1.29, 1.82) is 0 Å². The number of halogens is 7. The number of aromatic amines is 1. The molecule has 0 aliphatic rings. The zero-order valence-corrected chi connectivity index (χ0v) is 18.8. The Hall–Kier alpha value is -2.77. The van der Waals surface area contributed by atoms with Crippen molar-refractivity contribution in [3.05, 3.63) is 70.9 Å². The van der Waals surface area contributed by atoms with E-state index in [0.717, 1.165) is 16.7 Å². The maximum absolute atomic E-state index is 13.1. The lowest BCUT2D eigenvalue weighted by Crippen LogP contribution is -2.11. The molecule has 2 aromatic carbocycles. The molecule has 0 aliphatic carbocycles. The Kier molecular flexibility index (Phi) is 6.78. The Balaban J connectivity index is 1.61. The number of benzene rings is 2. The van der Waals surface area contributed by atoms with Crippen LogP contribution in [0, 0.1) is 0 Å². The molecule has 5 nitrogen and oxygen atoms in total. The molecule has 0 aliphatic heterocycles. The molecular weight excluding hydrogens is 524 g/mol. The first kappa shape index (κ1) is 24.4. The fourth-order valence-corrected chi connectivity index (χ4v) is 4.56. The molecule has 34 heavy (non-hydrogen) atoms. The molecule has 0 spiro atoms. The van der Waals surface area contributed by atoms with Gasteiger partial charge in [-0.25, -0.2) is 9.97 Å². The SMILES string of the molecule is FC(F)(F)c1cc(-c2nnc(Sc3cc(Cl)nc(Sc4ccccc4)n3)[nH]2)cc(C(F)(F)F)c1. The number of alkyl halides is 6. The molecule has 4 rings (SSSR count). The summed E-state index contributed by atoms with van der Waals surface area (Å²) in [6, 6.07) is 11.9. The van der Waals surface area contributed by atoms with Crippen LogP contribution in [0.5, 0.6) is 0 Å². The summed E-state index contributed by atoms with van der Waals surface area (Å²) in [5, 5.41) is 8.42. The molecule has 14 heteroatoms. The molecule has 0 saturated heterocycles. The minimum Gasteiger partial charge on any atom is -0.316 e. The summed E-state index contributed by atoms with van der Waals surface area (Å²) < 4.78 is 78.8. The molecule has 0 saturated carbocycles. The molecule has 0 amide bonds. The Morgan fingerprint density at radius 2 is 1.41 bits per heavy atom. The third-order valence-electron chi connectivity index (χ3n) is 4.13. The highest BCUT2D eigenvalue weighted by molar-refractivity contribution is 7.99. The van der Waals surface area contributed by atoms with Crippen molar-refractivity contribution >= 4 is 35.1 Å². The van der Waals surface area contributed by atoms with Crippen LogP contribution in [0.25, 0.3) is 11.4 Å². The zero-order valence-electron chi connectivity index (χ0n) is 16.4. The van der Waals surface area contributed by atoms with Crippen LogP contribution in [0.3, 0.4) is 0 Å². The van der Waals surface area contributed by atoms with E-state index in [1.54, 1.807) is 0 Å². The van der Waals surface area contributed by atoms with Crippen molar-refractivity contribution in [2.45, 2.75) is 32.6 Å². The van der Waals surface area contributed by atoms with Gasteiger partial charge >= 0.3 is 12.4 Å². The molecular formula is C20H10ClF6N5S2. The number of nitrogens with zero attached hydrogens (tertiary/aromatic N) is 4. The van der Waals surface area contributed by atoms with Crippen molar-refractivity contribution in [1.82, 2.24) is 25.1 Å². The molecule has 1 N–H and O–H groups in total. The van der Waals surface area contributed by atoms with Gasteiger partial charge < -0.3 is 4.98 Å². The average molecular weight is 534 g/mol. The molecule has 4 aromatic rings. The largest absolute Gasteiger partial charge is 0.416 e. The molecule has 0 bridgehead atoms. The molecule has 176 valence electrons. The highest BCUT2D eigenvalue weighted by atomic mass is 35.5. The smallest absolute Gasteiger partial charge is 0.316 e. The Bertz CT molecular complexity index is 1280. The summed E-state index contributed by atoms with van der Waals surface area (Å²) in [7, 11) is 0. The molecule has 0 atom stereocenters. The Morgan fingerprint density at radius 1 is 0.765 bits per heavy atom. The second kappa shape index (κ2) is 9.47. The third kappa shape index (κ3) is 6.02. The predicted molar refractivity (Wildman–Crippen MR) is 114 cm³/mol. The summed E-state index contributed by atoms with van der Waals surface area (Å²) in [6.07, 6.45) is -9.95. The van der Waals surface area contributed by atoms with Crippen molar-refractivity contribution < 1.29 is 26.3 Å². The predicted octanol–water partition coefficient (Wildman–Crippen LogP) is 7.26. The normalized spacial score (nSPS) is 12.2.